The van der Waals surface area contributed by atoms with E-state index in [-0.39, 0.29) is 24.9 Å². The molecule has 0 spiro atoms. The molecular formula is C19H25NO4. The largest absolute Gasteiger partial charge is 0.481 e. The van der Waals surface area contributed by atoms with Crippen molar-refractivity contribution in [3.8, 4) is 0 Å². The van der Waals surface area contributed by atoms with Crippen LogP contribution in [0.2, 0.25) is 0 Å². The SMILES string of the molecule is CCOC(=O)CC[C@@]1(C(=O)O)CCC/C1=N\[C@@H](C)c1ccccc1. The van der Waals surface area contributed by atoms with Crippen molar-refractivity contribution in [2.45, 2.75) is 52.0 Å². The Balaban J connectivity index is 2.21. The third-order valence-electron chi connectivity index (χ3n) is 4.67. The second-order valence-electron chi connectivity index (χ2n) is 6.21. The van der Waals surface area contributed by atoms with E-state index in [1.807, 2.05) is 37.3 Å². The molecule has 1 N–H and O–H groups in total. The lowest BCUT2D eigenvalue weighted by Gasteiger charge is -2.25. The van der Waals surface area contributed by atoms with Gasteiger partial charge in [-0.2, -0.15) is 0 Å². The first-order chi connectivity index (χ1) is 11.5. The number of hydrogen-bond acceptors (Lipinski definition) is 4. The van der Waals surface area contributed by atoms with Gasteiger partial charge in [-0.25, -0.2) is 0 Å². The minimum atomic E-state index is -1.03. The minimum Gasteiger partial charge on any atom is -0.481 e. The van der Waals surface area contributed by atoms with E-state index >= 15 is 0 Å². The number of rotatable bonds is 7. The molecular weight excluding hydrogens is 306 g/mol. The number of carbonyl (C=O) groups is 2. The monoisotopic (exact) mass is 331 g/mol. The van der Waals surface area contributed by atoms with Crippen molar-refractivity contribution < 1.29 is 19.4 Å². The van der Waals surface area contributed by atoms with Crippen LogP contribution in [-0.4, -0.2) is 29.4 Å². The third kappa shape index (κ3) is 4.02. The second kappa shape index (κ2) is 8.08. The zero-order valence-electron chi connectivity index (χ0n) is 14.3. The molecule has 0 aliphatic heterocycles. The zero-order valence-corrected chi connectivity index (χ0v) is 14.3. The molecule has 1 fully saturated rings. The summed E-state index contributed by atoms with van der Waals surface area (Å²) in [4.78, 5) is 28.4. The number of carboxylic acids is 1. The number of hydrogen-bond donors (Lipinski definition) is 1. The van der Waals surface area contributed by atoms with Gasteiger partial charge in [-0.3, -0.25) is 14.6 Å². The first-order valence-corrected chi connectivity index (χ1v) is 8.50. The Hall–Kier alpha value is -2.17. The van der Waals surface area contributed by atoms with Crippen LogP contribution in [0.5, 0.6) is 0 Å². The van der Waals surface area contributed by atoms with E-state index < -0.39 is 11.4 Å². The predicted molar refractivity (Wildman–Crippen MR) is 92.1 cm³/mol. The first-order valence-electron chi connectivity index (χ1n) is 8.50. The highest BCUT2D eigenvalue weighted by Gasteiger charge is 2.47. The quantitative estimate of drug-likeness (QED) is 0.771. The Labute approximate surface area is 142 Å². The number of carbonyl (C=O) groups excluding carboxylic acids is 1. The Bertz CT molecular complexity index is 611. The van der Waals surface area contributed by atoms with Crippen LogP contribution in [0.4, 0.5) is 0 Å². The Kier molecular flexibility index (Phi) is 6.12. The molecule has 2 rings (SSSR count). The van der Waals surface area contributed by atoms with E-state index in [1.165, 1.54) is 0 Å². The summed E-state index contributed by atoms with van der Waals surface area (Å²) in [6.07, 6.45) is 2.35. The highest BCUT2D eigenvalue weighted by Crippen LogP contribution is 2.41. The second-order valence-corrected chi connectivity index (χ2v) is 6.21. The number of carboxylic acid groups (broad SMARTS) is 1. The van der Waals surface area contributed by atoms with Crippen LogP contribution in [-0.2, 0) is 14.3 Å². The molecule has 0 aromatic heterocycles. The summed E-state index contributed by atoms with van der Waals surface area (Å²) in [6, 6.07) is 9.73. The van der Waals surface area contributed by atoms with Gasteiger partial charge in [0.1, 0.15) is 5.41 Å². The van der Waals surface area contributed by atoms with Crippen molar-refractivity contribution in [2.24, 2.45) is 10.4 Å². The van der Waals surface area contributed by atoms with Crippen LogP contribution in [0, 0.1) is 5.41 Å². The molecule has 1 aromatic rings. The maximum absolute atomic E-state index is 12.0. The standard InChI is InChI=1S/C19H25NO4/c1-3-24-17(21)11-13-19(18(22)23)12-7-10-16(19)20-14(2)15-8-5-4-6-9-15/h4-6,8-9,14H,3,7,10-13H2,1-2H3,(H,22,23)/b20-16+/t14-,19-/m0/s1. The first kappa shape index (κ1) is 18.2. The minimum absolute atomic E-state index is 0.0966. The molecule has 1 aliphatic rings. The highest BCUT2D eigenvalue weighted by molar-refractivity contribution is 6.07. The molecule has 2 atom stereocenters. The number of ether oxygens (including phenoxy) is 1. The summed E-state index contributed by atoms with van der Waals surface area (Å²) in [5.74, 6) is -1.23. The van der Waals surface area contributed by atoms with Gasteiger partial charge in [0.2, 0.25) is 0 Å². The third-order valence-corrected chi connectivity index (χ3v) is 4.67. The molecule has 5 heteroatoms. The Morgan fingerprint density at radius 2 is 2.04 bits per heavy atom. The summed E-state index contributed by atoms with van der Waals surface area (Å²) in [5.41, 5.74) is 0.729. The normalized spacial score (nSPS) is 23.2. The molecule has 24 heavy (non-hydrogen) atoms. The van der Waals surface area contributed by atoms with Gasteiger partial charge in [0, 0.05) is 12.1 Å². The highest BCUT2D eigenvalue weighted by atomic mass is 16.5. The predicted octanol–water partition coefficient (Wildman–Crippen LogP) is 3.79. The van der Waals surface area contributed by atoms with E-state index in [0.29, 0.717) is 25.2 Å². The molecule has 1 saturated carbocycles. The lowest BCUT2D eigenvalue weighted by Crippen LogP contribution is -2.36. The molecule has 1 aliphatic carbocycles. The average Bonchev–Trinajstić information content (AvgIpc) is 2.98. The van der Waals surface area contributed by atoms with Crippen molar-refractivity contribution in [3.05, 3.63) is 35.9 Å². The molecule has 0 saturated heterocycles. The number of esters is 1. The van der Waals surface area contributed by atoms with E-state index in [0.717, 1.165) is 12.0 Å². The van der Waals surface area contributed by atoms with E-state index in [4.69, 9.17) is 9.73 Å². The molecule has 0 amide bonds. The molecule has 0 bridgehead atoms. The van der Waals surface area contributed by atoms with Crippen LogP contribution in [0.15, 0.2) is 35.3 Å². The van der Waals surface area contributed by atoms with Gasteiger partial charge >= 0.3 is 11.9 Å². The number of aliphatic carboxylic acids is 1. The summed E-state index contributed by atoms with van der Waals surface area (Å²) < 4.78 is 4.94. The molecule has 5 nitrogen and oxygen atoms in total. The topological polar surface area (TPSA) is 76.0 Å². The summed E-state index contributed by atoms with van der Waals surface area (Å²) >= 11 is 0. The fraction of sp³-hybridized carbons (Fsp3) is 0.526. The lowest BCUT2D eigenvalue weighted by molar-refractivity contribution is -0.147. The molecule has 0 radical (unpaired) electrons. The van der Waals surface area contributed by atoms with Crippen LogP contribution in [0.1, 0.15) is 57.6 Å². The molecule has 130 valence electrons. The van der Waals surface area contributed by atoms with Gasteiger partial charge < -0.3 is 9.84 Å². The van der Waals surface area contributed by atoms with Crippen molar-refractivity contribution in [3.63, 3.8) is 0 Å². The maximum atomic E-state index is 12.0. The van der Waals surface area contributed by atoms with Crippen molar-refractivity contribution in [1.82, 2.24) is 0 Å². The number of aliphatic imine (C=N–C) groups is 1. The fourth-order valence-electron chi connectivity index (χ4n) is 3.32. The average molecular weight is 331 g/mol. The van der Waals surface area contributed by atoms with Crippen LogP contribution in [0.3, 0.4) is 0 Å². The van der Waals surface area contributed by atoms with Gasteiger partial charge in [0.15, 0.2) is 0 Å². The maximum Gasteiger partial charge on any atom is 0.315 e. The smallest absolute Gasteiger partial charge is 0.315 e. The van der Waals surface area contributed by atoms with Crippen LogP contribution >= 0.6 is 0 Å². The van der Waals surface area contributed by atoms with Crippen molar-refractivity contribution in [2.75, 3.05) is 6.61 Å². The Morgan fingerprint density at radius 3 is 2.67 bits per heavy atom. The summed E-state index contributed by atoms with van der Waals surface area (Å²) in [7, 11) is 0. The fourth-order valence-corrected chi connectivity index (χ4v) is 3.32. The molecule has 0 unspecified atom stereocenters. The molecule has 1 aromatic carbocycles. The zero-order chi connectivity index (χ0) is 17.6. The summed E-state index contributed by atoms with van der Waals surface area (Å²) in [5, 5.41) is 9.83. The van der Waals surface area contributed by atoms with Crippen LogP contribution in [0.25, 0.3) is 0 Å². The van der Waals surface area contributed by atoms with E-state index in [1.54, 1.807) is 6.92 Å². The van der Waals surface area contributed by atoms with Crippen LogP contribution < -0.4 is 0 Å². The summed E-state index contributed by atoms with van der Waals surface area (Å²) in [6.45, 7) is 4.03. The molecule has 0 heterocycles. The van der Waals surface area contributed by atoms with Crippen molar-refractivity contribution in [1.29, 1.82) is 0 Å². The van der Waals surface area contributed by atoms with E-state index in [9.17, 15) is 14.7 Å². The van der Waals surface area contributed by atoms with E-state index in [2.05, 4.69) is 0 Å². The van der Waals surface area contributed by atoms with Gasteiger partial charge in [0.05, 0.1) is 12.6 Å². The van der Waals surface area contributed by atoms with Gasteiger partial charge in [0.25, 0.3) is 0 Å². The number of nitrogens with zero attached hydrogens (tertiary/aromatic N) is 1. The lowest BCUT2D eigenvalue weighted by atomic mass is 9.80. The van der Waals surface area contributed by atoms with Gasteiger partial charge in [-0.05, 0) is 45.1 Å². The van der Waals surface area contributed by atoms with Gasteiger partial charge in [-0.1, -0.05) is 30.3 Å². The van der Waals surface area contributed by atoms with Crippen molar-refractivity contribution >= 4 is 17.7 Å². The van der Waals surface area contributed by atoms with Gasteiger partial charge in [-0.15, -0.1) is 0 Å². The Morgan fingerprint density at radius 1 is 1.33 bits per heavy atom. The number of benzene rings is 1.